The van der Waals surface area contributed by atoms with Crippen LogP contribution >= 0.6 is 0 Å². The third kappa shape index (κ3) is 2.70. The summed E-state index contributed by atoms with van der Waals surface area (Å²) < 4.78 is 12.1. The van der Waals surface area contributed by atoms with Gasteiger partial charge in [0, 0.05) is 6.42 Å². The van der Waals surface area contributed by atoms with Crippen molar-refractivity contribution in [2.45, 2.75) is 32.0 Å². The summed E-state index contributed by atoms with van der Waals surface area (Å²) in [7, 11) is 0. The summed E-state index contributed by atoms with van der Waals surface area (Å²) in [4.78, 5) is 0. The predicted octanol–water partition coefficient (Wildman–Crippen LogP) is 3.99. The smallest absolute Gasteiger partial charge is 0.136 e. The van der Waals surface area contributed by atoms with Crippen molar-refractivity contribution in [1.82, 2.24) is 0 Å². The van der Waals surface area contributed by atoms with E-state index in [9.17, 15) is 0 Å². The number of hydrogen-bond donors (Lipinski definition) is 0. The molecule has 0 spiro atoms. The maximum Gasteiger partial charge on any atom is 0.136 e. The lowest BCUT2D eigenvalue weighted by molar-refractivity contribution is -0.0224. The van der Waals surface area contributed by atoms with Gasteiger partial charge < -0.3 is 9.47 Å². The molecule has 2 aromatic carbocycles. The Labute approximate surface area is 120 Å². The van der Waals surface area contributed by atoms with Gasteiger partial charge in [0.1, 0.15) is 11.4 Å². The van der Waals surface area contributed by atoms with Crippen LogP contribution in [-0.4, -0.2) is 12.2 Å². The van der Waals surface area contributed by atoms with E-state index in [2.05, 4.69) is 31.2 Å². The first-order valence-corrected chi connectivity index (χ1v) is 7.20. The Hall–Kier alpha value is -1.80. The van der Waals surface area contributed by atoms with Crippen LogP contribution in [0.1, 0.15) is 24.5 Å². The van der Waals surface area contributed by atoms with Gasteiger partial charge in [-0.15, -0.1) is 0 Å². The van der Waals surface area contributed by atoms with Gasteiger partial charge in [0.05, 0.1) is 13.2 Å². The zero-order valence-corrected chi connectivity index (χ0v) is 11.8. The van der Waals surface area contributed by atoms with E-state index >= 15 is 0 Å². The quantitative estimate of drug-likeness (QED) is 0.816. The lowest BCUT2D eigenvalue weighted by Gasteiger charge is -2.27. The molecule has 1 aliphatic heterocycles. The van der Waals surface area contributed by atoms with E-state index in [0.29, 0.717) is 13.2 Å². The fourth-order valence-electron chi connectivity index (χ4n) is 2.67. The molecule has 0 aromatic heterocycles. The van der Waals surface area contributed by atoms with Crippen molar-refractivity contribution < 1.29 is 9.47 Å². The van der Waals surface area contributed by atoms with Gasteiger partial charge in [-0.05, 0) is 23.6 Å². The topological polar surface area (TPSA) is 18.5 Å². The van der Waals surface area contributed by atoms with Crippen molar-refractivity contribution in [2.75, 3.05) is 6.61 Å². The Bertz CT molecular complexity index is 538. The van der Waals surface area contributed by atoms with E-state index in [1.165, 1.54) is 11.1 Å². The molecular weight excluding hydrogens is 248 g/mol. The molecule has 0 radical (unpaired) electrons. The summed E-state index contributed by atoms with van der Waals surface area (Å²) in [5.74, 6) is 1.01. The summed E-state index contributed by atoms with van der Waals surface area (Å²) >= 11 is 0. The number of ether oxygens (including phenoxy) is 2. The normalized spacial score (nSPS) is 20.4. The summed E-state index contributed by atoms with van der Waals surface area (Å²) in [5.41, 5.74) is 2.30. The summed E-state index contributed by atoms with van der Waals surface area (Å²) in [5, 5.41) is 0. The molecule has 3 rings (SSSR count). The summed E-state index contributed by atoms with van der Waals surface area (Å²) in [6.07, 6.45) is 1.89. The van der Waals surface area contributed by atoms with E-state index < -0.39 is 0 Å². The average molecular weight is 268 g/mol. The number of benzene rings is 2. The van der Waals surface area contributed by atoms with Gasteiger partial charge in [0.15, 0.2) is 0 Å². The number of rotatable bonds is 5. The molecule has 0 saturated carbocycles. The average Bonchev–Trinajstić information content (AvgIpc) is 2.87. The molecule has 0 saturated heterocycles. The minimum atomic E-state index is -0.196. The molecule has 1 aliphatic rings. The highest BCUT2D eigenvalue weighted by atomic mass is 16.5. The lowest BCUT2D eigenvalue weighted by Crippen LogP contribution is -2.38. The monoisotopic (exact) mass is 268 g/mol. The molecule has 104 valence electrons. The Kier molecular flexibility index (Phi) is 3.75. The van der Waals surface area contributed by atoms with Crippen LogP contribution < -0.4 is 4.74 Å². The predicted molar refractivity (Wildman–Crippen MR) is 79.9 cm³/mol. The van der Waals surface area contributed by atoms with Crippen LogP contribution in [-0.2, 0) is 17.8 Å². The van der Waals surface area contributed by atoms with E-state index in [4.69, 9.17) is 9.47 Å². The van der Waals surface area contributed by atoms with E-state index in [-0.39, 0.29) is 5.60 Å². The fraction of sp³-hybridized carbons (Fsp3) is 0.333. The molecule has 0 bridgehead atoms. The maximum atomic E-state index is 6.16. The highest BCUT2D eigenvalue weighted by molar-refractivity contribution is 5.39. The SMILES string of the molecule is CCC1(COCc2ccccc2)Cc2ccccc2O1. The Balaban J connectivity index is 1.61. The van der Waals surface area contributed by atoms with Gasteiger partial charge in [-0.3, -0.25) is 0 Å². The summed E-state index contributed by atoms with van der Waals surface area (Å²) in [6, 6.07) is 18.5. The molecule has 0 amide bonds. The molecule has 0 N–H and O–H groups in total. The van der Waals surface area contributed by atoms with Gasteiger partial charge in [0.25, 0.3) is 0 Å². The zero-order chi connectivity index (χ0) is 13.8. The first-order valence-electron chi connectivity index (χ1n) is 7.20. The molecular formula is C18H20O2. The standard InChI is InChI=1S/C18H20O2/c1-2-18(12-16-10-6-7-11-17(16)20-18)14-19-13-15-8-4-3-5-9-15/h3-11H,2,12-14H2,1H3. The molecule has 1 unspecified atom stereocenters. The van der Waals surface area contributed by atoms with E-state index in [0.717, 1.165) is 18.6 Å². The number of para-hydroxylation sites is 1. The van der Waals surface area contributed by atoms with Crippen LogP contribution in [0, 0.1) is 0 Å². The second-order valence-electron chi connectivity index (χ2n) is 5.40. The minimum Gasteiger partial charge on any atom is -0.484 e. The van der Waals surface area contributed by atoms with Crippen molar-refractivity contribution in [3.8, 4) is 5.75 Å². The van der Waals surface area contributed by atoms with Gasteiger partial charge in [-0.25, -0.2) is 0 Å². The maximum absolute atomic E-state index is 6.16. The van der Waals surface area contributed by atoms with Crippen molar-refractivity contribution in [2.24, 2.45) is 0 Å². The minimum absolute atomic E-state index is 0.196. The molecule has 1 heterocycles. The van der Waals surface area contributed by atoms with Gasteiger partial charge in [0.2, 0.25) is 0 Å². The Morgan fingerprint density at radius 2 is 1.80 bits per heavy atom. The van der Waals surface area contributed by atoms with Crippen molar-refractivity contribution >= 4 is 0 Å². The molecule has 20 heavy (non-hydrogen) atoms. The zero-order valence-electron chi connectivity index (χ0n) is 11.8. The third-order valence-electron chi connectivity index (χ3n) is 3.93. The van der Waals surface area contributed by atoms with Crippen LogP contribution in [0.25, 0.3) is 0 Å². The first-order chi connectivity index (χ1) is 9.81. The first kappa shape index (κ1) is 13.2. The van der Waals surface area contributed by atoms with Crippen LogP contribution in [0.3, 0.4) is 0 Å². The van der Waals surface area contributed by atoms with Crippen LogP contribution in [0.5, 0.6) is 5.75 Å². The highest BCUT2D eigenvalue weighted by Gasteiger charge is 2.37. The van der Waals surface area contributed by atoms with E-state index in [1.54, 1.807) is 0 Å². The number of fused-ring (bicyclic) bond motifs is 1. The van der Waals surface area contributed by atoms with Crippen molar-refractivity contribution in [3.05, 3.63) is 65.7 Å². The second kappa shape index (κ2) is 5.68. The second-order valence-corrected chi connectivity index (χ2v) is 5.40. The molecule has 2 nitrogen and oxygen atoms in total. The fourth-order valence-corrected chi connectivity index (χ4v) is 2.67. The molecule has 1 atom stereocenters. The molecule has 2 aromatic rings. The van der Waals surface area contributed by atoms with Crippen molar-refractivity contribution in [1.29, 1.82) is 0 Å². The third-order valence-corrected chi connectivity index (χ3v) is 3.93. The number of hydrogen-bond acceptors (Lipinski definition) is 2. The molecule has 2 heteroatoms. The summed E-state index contributed by atoms with van der Waals surface area (Å²) in [6.45, 7) is 3.44. The van der Waals surface area contributed by atoms with Crippen molar-refractivity contribution in [3.63, 3.8) is 0 Å². The molecule has 0 aliphatic carbocycles. The van der Waals surface area contributed by atoms with Gasteiger partial charge >= 0.3 is 0 Å². The highest BCUT2D eigenvalue weighted by Crippen LogP contribution is 2.37. The van der Waals surface area contributed by atoms with Crippen LogP contribution in [0.15, 0.2) is 54.6 Å². The van der Waals surface area contributed by atoms with E-state index in [1.807, 2.05) is 30.3 Å². The Morgan fingerprint density at radius 1 is 1.05 bits per heavy atom. The van der Waals surface area contributed by atoms with Gasteiger partial charge in [-0.2, -0.15) is 0 Å². The molecule has 0 fully saturated rings. The lowest BCUT2D eigenvalue weighted by atomic mass is 9.95. The van der Waals surface area contributed by atoms with Crippen LogP contribution in [0.4, 0.5) is 0 Å². The largest absolute Gasteiger partial charge is 0.484 e. The van der Waals surface area contributed by atoms with Gasteiger partial charge in [-0.1, -0.05) is 55.5 Å². The Morgan fingerprint density at radius 3 is 2.55 bits per heavy atom. The van der Waals surface area contributed by atoms with Crippen LogP contribution in [0.2, 0.25) is 0 Å².